The van der Waals surface area contributed by atoms with Crippen LogP contribution >= 0.6 is 11.3 Å². The number of para-hydroxylation sites is 1. The molecule has 0 aliphatic heterocycles. The van der Waals surface area contributed by atoms with Crippen molar-refractivity contribution in [2.75, 3.05) is 43.2 Å². The third-order valence-corrected chi connectivity index (χ3v) is 7.14. The topological polar surface area (TPSA) is 167 Å². The molecule has 2 atom stereocenters. The van der Waals surface area contributed by atoms with Crippen LogP contribution < -0.4 is 15.1 Å². The Morgan fingerprint density at radius 3 is 2.55 bits per heavy atom. The molecule has 4 rings (SSSR count). The first-order valence-electron chi connectivity index (χ1n) is 12.6. The highest BCUT2D eigenvalue weighted by atomic mass is 32.1. The zero-order chi connectivity index (χ0) is 28.5. The van der Waals surface area contributed by atoms with Crippen molar-refractivity contribution >= 4 is 39.3 Å². The van der Waals surface area contributed by atoms with Gasteiger partial charge in [-0.25, -0.2) is 9.97 Å². The first-order valence-corrected chi connectivity index (χ1v) is 13.4. The molecule has 208 valence electrons. The number of aromatic nitrogens is 2. The van der Waals surface area contributed by atoms with E-state index in [-0.39, 0.29) is 13.1 Å². The first kappa shape index (κ1) is 28.9. The first-order chi connectivity index (χ1) is 19.5. The summed E-state index contributed by atoms with van der Waals surface area (Å²) >= 11 is 1.38. The minimum atomic E-state index is -1.01. The summed E-state index contributed by atoms with van der Waals surface area (Å²) in [7, 11) is 0. The number of thiophene rings is 1. The SMILES string of the molecule is CCOc1ccccc1-c1sc2c(NN=Cc3cccc(N(CC(O)CO)CC(O)CO)c3)ncnc2c1C#N. The molecule has 0 saturated heterocycles. The normalized spacial score (nSPS) is 12.8. The summed E-state index contributed by atoms with van der Waals surface area (Å²) < 4.78 is 6.45. The van der Waals surface area contributed by atoms with Gasteiger partial charge in [0.05, 0.1) is 53.4 Å². The van der Waals surface area contributed by atoms with E-state index in [0.717, 1.165) is 10.4 Å². The molecule has 4 aromatic rings. The van der Waals surface area contributed by atoms with Gasteiger partial charge in [-0.2, -0.15) is 10.4 Å². The number of hydrogen-bond donors (Lipinski definition) is 5. The number of fused-ring (bicyclic) bond motifs is 1. The smallest absolute Gasteiger partial charge is 0.167 e. The van der Waals surface area contributed by atoms with E-state index in [9.17, 15) is 25.7 Å². The molecule has 0 aliphatic rings. The second kappa shape index (κ2) is 13.8. The van der Waals surface area contributed by atoms with Gasteiger partial charge in [-0.3, -0.25) is 5.43 Å². The Kier molecular flexibility index (Phi) is 9.96. The molecule has 0 amide bonds. The molecular formula is C28H30N6O5S. The lowest BCUT2D eigenvalue weighted by Gasteiger charge is -2.28. The van der Waals surface area contributed by atoms with Crippen LogP contribution in [0.4, 0.5) is 11.5 Å². The van der Waals surface area contributed by atoms with Crippen LogP contribution in [0, 0.1) is 11.3 Å². The van der Waals surface area contributed by atoms with E-state index in [1.54, 1.807) is 29.3 Å². The lowest BCUT2D eigenvalue weighted by molar-refractivity contribution is 0.0839. The quantitative estimate of drug-likeness (QED) is 0.121. The minimum Gasteiger partial charge on any atom is -0.493 e. The van der Waals surface area contributed by atoms with Crippen molar-refractivity contribution in [1.82, 2.24) is 9.97 Å². The van der Waals surface area contributed by atoms with Gasteiger partial charge in [0.1, 0.15) is 23.7 Å². The second-order valence-corrected chi connectivity index (χ2v) is 9.81. The summed E-state index contributed by atoms with van der Waals surface area (Å²) in [4.78, 5) is 11.1. The number of anilines is 2. The van der Waals surface area contributed by atoms with Crippen LogP contribution in [0.1, 0.15) is 18.1 Å². The molecule has 2 aromatic heterocycles. The summed E-state index contributed by atoms with van der Waals surface area (Å²) in [6.45, 7) is 1.68. The van der Waals surface area contributed by atoms with Crippen molar-refractivity contribution in [2.24, 2.45) is 5.10 Å². The van der Waals surface area contributed by atoms with Gasteiger partial charge in [0.15, 0.2) is 5.82 Å². The number of aliphatic hydroxyl groups is 4. The van der Waals surface area contributed by atoms with Crippen LogP contribution in [0.15, 0.2) is 60.0 Å². The molecule has 0 saturated carbocycles. The van der Waals surface area contributed by atoms with Gasteiger partial charge >= 0.3 is 0 Å². The van der Waals surface area contributed by atoms with E-state index in [1.807, 2.05) is 37.3 Å². The Morgan fingerprint density at radius 2 is 1.85 bits per heavy atom. The van der Waals surface area contributed by atoms with E-state index in [0.29, 0.717) is 45.2 Å². The molecule has 0 radical (unpaired) electrons. The maximum absolute atomic E-state index is 9.96. The maximum Gasteiger partial charge on any atom is 0.167 e. The zero-order valence-electron chi connectivity index (χ0n) is 21.8. The van der Waals surface area contributed by atoms with Crippen LogP contribution in [0.3, 0.4) is 0 Å². The van der Waals surface area contributed by atoms with Gasteiger partial charge in [0, 0.05) is 24.3 Å². The molecule has 40 heavy (non-hydrogen) atoms. The summed E-state index contributed by atoms with van der Waals surface area (Å²) in [5, 5.41) is 52.7. The fourth-order valence-corrected chi connectivity index (χ4v) is 5.27. The molecule has 11 nitrogen and oxygen atoms in total. The molecule has 0 spiro atoms. The summed E-state index contributed by atoms with van der Waals surface area (Å²) in [5.74, 6) is 1.12. The number of nitriles is 1. The number of hydrazone groups is 1. The molecule has 5 N–H and O–H groups in total. The fraction of sp³-hybridized carbons (Fsp3) is 0.286. The minimum absolute atomic E-state index is 0.0691. The van der Waals surface area contributed by atoms with E-state index >= 15 is 0 Å². The van der Waals surface area contributed by atoms with E-state index < -0.39 is 25.4 Å². The van der Waals surface area contributed by atoms with Crippen molar-refractivity contribution in [3.05, 3.63) is 66.0 Å². The van der Waals surface area contributed by atoms with Crippen molar-refractivity contribution in [3.8, 4) is 22.3 Å². The van der Waals surface area contributed by atoms with Crippen LogP contribution in [0.2, 0.25) is 0 Å². The highest BCUT2D eigenvalue weighted by Crippen LogP contribution is 2.43. The van der Waals surface area contributed by atoms with Crippen molar-refractivity contribution in [3.63, 3.8) is 0 Å². The molecule has 12 heteroatoms. The lowest BCUT2D eigenvalue weighted by atomic mass is 10.1. The summed E-state index contributed by atoms with van der Waals surface area (Å²) in [6, 6.07) is 17.0. The highest BCUT2D eigenvalue weighted by Gasteiger charge is 2.20. The monoisotopic (exact) mass is 562 g/mol. The number of ether oxygens (including phenoxy) is 1. The van der Waals surface area contributed by atoms with Crippen LogP contribution in [-0.2, 0) is 0 Å². The highest BCUT2D eigenvalue weighted by molar-refractivity contribution is 7.23. The van der Waals surface area contributed by atoms with Gasteiger partial charge in [-0.15, -0.1) is 11.3 Å². The predicted molar refractivity (Wildman–Crippen MR) is 155 cm³/mol. The Morgan fingerprint density at radius 1 is 1.10 bits per heavy atom. The number of rotatable bonds is 13. The van der Waals surface area contributed by atoms with Gasteiger partial charge in [-0.1, -0.05) is 24.3 Å². The molecule has 0 aliphatic carbocycles. The largest absolute Gasteiger partial charge is 0.493 e. The molecule has 2 heterocycles. The Labute approximate surface area is 235 Å². The third kappa shape index (κ3) is 6.71. The molecule has 2 unspecified atom stereocenters. The molecule has 2 aromatic carbocycles. The summed E-state index contributed by atoms with van der Waals surface area (Å²) in [6.07, 6.45) is 0.938. The molecule has 0 bridgehead atoms. The predicted octanol–water partition coefficient (Wildman–Crippen LogP) is 2.59. The standard InChI is InChI=1S/C28H30N6O5S/c1-2-39-24-9-4-3-8-22(24)26-23(11-29)25-27(40-26)28(31-17-30-25)33-32-12-18-6-5-7-19(10-18)34(13-20(37)15-35)14-21(38)16-36/h3-10,12,17,20-21,35-38H,2,13-16H2,1H3,(H,30,31,33). The van der Waals surface area contributed by atoms with Gasteiger partial charge in [-0.05, 0) is 36.8 Å². The van der Waals surface area contributed by atoms with Crippen LogP contribution in [0.5, 0.6) is 5.75 Å². The Balaban J connectivity index is 1.61. The number of hydrogen-bond acceptors (Lipinski definition) is 12. The van der Waals surface area contributed by atoms with Gasteiger partial charge in [0.2, 0.25) is 0 Å². The van der Waals surface area contributed by atoms with Crippen molar-refractivity contribution in [1.29, 1.82) is 5.26 Å². The average molecular weight is 563 g/mol. The zero-order valence-corrected chi connectivity index (χ0v) is 22.6. The van der Waals surface area contributed by atoms with Crippen molar-refractivity contribution < 1.29 is 25.2 Å². The van der Waals surface area contributed by atoms with Crippen molar-refractivity contribution in [2.45, 2.75) is 19.1 Å². The lowest BCUT2D eigenvalue weighted by Crippen LogP contribution is -2.40. The maximum atomic E-state index is 9.96. The fourth-order valence-electron chi connectivity index (χ4n) is 4.10. The molecular weight excluding hydrogens is 532 g/mol. The van der Waals surface area contributed by atoms with Crippen LogP contribution in [0.25, 0.3) is 20.7 Å². The Bertz CT molecular complexity index is 1490. The number of nitrogens with one attached hydrogen (secondary N) is 1. The summed E-state index contributed by atoms with van der Waals surface area (Å²) in [5.41, 5.74) is 6.09. The number of aliphatic hydroxyl groups excluding tert-OH is 4. The van der Waals surface area contributed by atoms with E-state index in [2.05, 4.69) is 26.6 Å². The third-order valence-electron chi connectivity index (χ3n) is 5.92. The van der Waals surface area contributed by atoms with Gasteiger partial charge in [0.25, 0.3) is 0 Å². The van der Waals surface area contributed by atoms with E-state index in [1.165, 1.54) is 17.7 Å². The average Bonchev–Trinajstić information content (AvgIpc) is 3.36. The number of nitrogens with zero attached hydrogens (tertiary/aromatic N) is 5. The molecule has 0 fully saturated rings. The van der Waals surface area contributed by atoms with Gasteiger partial charge < -0.3 is 30.1 Å². The number of benzene rings is 2. The van der Waals surface area contributed by atoms with E-state index in [4.69, 9.17) is 4.74 Å². The van der Waals surface area contributed by atoms with Crippen LogP contribution in [-0.4, -0.2) is 81.7 Å². The Hall–Kier alpha value is -4.12. The second-order valence-electron chi connectivity index (χ2n) is 8.79.